The summed E-state index contributed by atoms with van der Waals surface area (Å²) in [5.74, 6) is 0.0894. The lowest BCUT2D eigenvalue weighted by Gasteiger charge is -2.33. The molecule has 1 saturated carbocycles. The van der Waals surface area contributed by atoms with E-state index in [1.807, 2.05) is 17.5 Å². The number of hydrogen-bond donors (Lipinski definition) is 0. The van der Waals surface area contributed by atoms with Crippen LogP contribution in [0.15, 0.2) is 22.7 Å². The van der Waals surface area contributed by atoms with Crippen molar-refractivity contribution in [2.45, 2.75) is 44.2 Å². The number of nitrogens with zero attached hydrogens (tertiary/aromatic N) is 2. The van der Waals surface area contributed by atoms with Crippen LogP contribution in [0.2, 0.25) is 0 Å². The van der Waals surface area contributed by atoms with Crippen molar-refractivity contribution in [3.8, 4) is 0 Å². The van der Waals surface area contributed by atoms with E-state index >= 15 is 0 Å². The molecule has 1 amide bonds. The van der Waals surface area contributed by atoms with Gasteiger partial charge in [-0.05, 0) is 30.7 Å². The first-order chi connectivity index (χ1) is 11.6. The summed E-state index contributed by atoms with van der Waals surface area (Å²) in [5, 5.41) is 5.78. The quantitative estimate of drug-likeness (QED) is 0.567. The SMILES string of the molecule is O=C(CO/N=C/c1cccs1)N(C1CCCC1)C1CCS(=O)(=O)C1. The number of carbonyl (C=O) groups is 1. The van der Waals surface area contributed by atoms with E-state index in [0.717, 1.165) is 30.6 Å². The Kier molecular flexibility index (Phi) is 5.55. The highest BCUT2D eigenvalue weighted by Crippen LogP contribution is 2.29. The molecule has 1 atom stereocenters. The van der Waals surface area contributed by atoms with E-state index in [2.05, 4.69) is 5.16 Å². The molecule has 2 heterocycles. The average Bonchev–Trinajstić information content (AvgIpc) is 3.27. The van der Waals surface area contributed by atoms with Gasteiger partial charge >= 0.3 is 0 Å². The van der Waals surface area contributed by atoms with Gasteiger partial charge in [0.15, 0.2) is 16.4 Å². The second-order valence-corrected chi connectivity index (χ2v) is 9.53. The van der Waals surface area contributed by atoms with Crippen molar-refractivity contribution < 1.29 is 18.0 Å². The highest BCUT2D eigenvalue weighted by Gasteiger charge is 2.39. The van der Waals surface area contributed by atoms with E-state index in [-0.39, 0.29) is 36.1 Å². The first kappa shape index (κ1) is 17.4. The Bertz CT molecular complexity index is 679. The fourth-order valence-corrected chi connectivity index (χ4v) is 5.79. The Balaban J connectivity index is 1.60. The first-order valence-electron chi connectivity index (χ1n) is 8.25. The molecule has 2 fully saturated rings. The predicted octanol–water partition coefficient (Wildman–Crippen LogP) is 2.06. The lowest BCUT2D eigenvalue weighted by molar-refractivity contribution is -0.140. The van der Waals surface area contributed by atoms with Crippen LogP contribution in [-0.4, -0.2) is 55.6 Å². The molecule has 132 valence electrons. The van der Waals surface area contributed by atoms with Crippen LogP contribution in [0.3, 0.4) is 0 Å². The number of carbonyl (C=O) groups excluding carboxylic acids is 1. The molecule has 0 N–H and O–H groups in total. The van der Waals surface area contributed by atoms with Gasteiger partial charge in [-0.3, -0.25) is 4.79 Å². The van der Waals surface area contributed by atoms with Crippen LogP contribution in [0.25, 0.3) is 0 Å². The van der Waals surface area contributed by atoms with E-state index in [0.29, 0.717) is 6.42 Å². The van der Waals surface area contributed by atoms with Gasteiger partial charge in [-0.2, -0.15) is 0 Å². The third-order valence-electron chi connectivity index (χ3n) is 4.59. The van der Waals surface area contributed by atoms with Crippen LogP contribution in [0.1, 0.15) is 37.0 Å². The summed E-state index contributed by atoms with van der Waals surface area (Å²) < 4.78 is 23.6. The largest absolute Gasteiger partial charge is 0.386 e. The summed E-state index contributed by atoms with van der Waals surface area (Å²) >= 11 is 1.54. The summed E-state index contributed by atoms with van der Waals surface area (Å²) in [6.45, 7) is -0.144. The van der Waals surface area contributed by atoms with E-state index in [9.17, 15) is 13.2 Å². The minimum atomic E-state index is -3.02. The second-order valence-electron chi connectivity index (χ2n) is 6.32. The van der Waals surface area contributed by atoms with Crippen molar-refractivity contribution in [1.82, 2.24) is 4.90 Å². The summed E-state index contributed by atoms with van der Waals surface area (Å²) in [6, 6.07) is 3.75. The van der Waals surface area contributed by atoms with Crippen LogP contribution >= 0.6 is 11.3 Å². The molecule has 1 aliphatic heterocycles. The molecule has 1 aromatic rings. The summed E-state index contributed by atoms with van der Waals surface area (Å²) in [4.78, 5) is 20.5. The van der Waals surface area contributed by atoms with E-state index in [1.54, 1.807) is 11.1 Å². The van der Waals surface area contributed by atoms with Crippen LogP contribution in [-0.2, 0) is 19.5 Å². The molecule has 1 aromatic heterocycles. The lowest BCUT2D eigenvalue weighted by atomic mass is 10.1. The summed E-state index contributed by atoms with van der Waals surface area (Å²) in [6.07, 6.45) is 6.18. The predicted molar refractivity (Wildman–Crippen MR) is 94.0 cm³/mol. The van der Waals surface area contributed by atoms with Gasteiger partial charge in [-0.15, -0.1) is 11.3 Å². The Morgan fingerprint density at radius 2 is 2.12 bits per heavy atom. The summed E-state index contributed by atoms with van der Waals surface area (Å²) in [7, 11) is -3.02. The second kappa shape index (κ2) is 7.65. The van der Waals surface area contributed by atoms with Crippen molar-refractivity contribution in [3.05, 3.63) is 22.4 Å². The molecular weight excluding hydrogens is 348 g/mol. The number of hydrogen-bond acceptors (Lipinski definition) is 6. The topological polar surface area (TPSA) is 76.0 Å². The van der Waals surface area contributed by atoms with Crippen molar-refractivity contribution >= 4 is 33.3 Å². The highest BCUT2D eigenvalue weighted by atomic mass is 32.2. The van der Waals surface area contributed by atoms with Crippen molar-refractivity contribution in [2.24, 2.45) is 5.16 Å². The number of sulfone groups is 1. The molecule has 0 bridgehead atoms. The van der Waals surface area contributed by atoms with Crippen LogP contribution in [0.4, 0.5) is 0 Å². The number of rotatable bonds is 6. The fraction of sp³-hybridized carbons (Fsp3) is 0.625. The normalized spacial score (nSPS) is 23.8. The molecule has 0 radical (unpaired) electrons. The maximum atomic E-state index is 12.6. The molecule has 2 aliphatic rings. The molecule has 1 unspecified atom stereocenters. The maximum Gasteiger partial charge on any atom is 0.263 e. The van der Waals surface area contributed by atoms with Crippen molar-refractivity contribution in [3.63, 3.8) is 0 Å². The maximum absolute atomic E-state index is 12.6. The Labute approximate surface area is 146 Å². The van der Waals surface area contributed by atoms with Crippen molar-refractivity contribution in [2.75, 3.05) is 18.1 Å². The molecule has 3 rings (SSSR count). The first-order valence-corrected chi connectivity index (χ1v) is 11.0. The Hall–Kier alpha value is -1.41. The lowest BCUT2D eigenvalue weighted by Crippen LogP contribution is -2.48. The van der Waals surface area contributed by atoms with Gasteiger partial charge < -0.3 is 9.74 Å². The summed E-state index contributed by atoms with van der Waals surface area (Å²) in [5.41, 5.74) is 0. The molecule has 1 saturated heterocycles. The standard InChI is InChI=1S/C16H22N2O4S2/c19-16(11-22-17-10-15-6-3-8-23-15)18(13-4-1-2-5-13)14-7-9-24(20,21)12-14/h3,6,8,10,13-14H,1-2,4-5,7,9,11-12H2/b17-10+. The Morgan fingerprint density at radius 1 is 1.33 bits per heavy atom. The van der Waals surface area contributed by atoms with Crippen LogP contribution < -0.4 is 0 Å². The van der Waals surface area contributed by atoms with E-state index in [1.165, 1.54) is 11.3 Å². The molecule has 1 aliphatic carbocycles. The van der Waals surface area contributed by atoms with Gasteiger partial charge in [0.05, 0.1) is 17.7 Å². The molecule has 0 aromatic carbocycles. The molecule has 0 spiro atoms. The van der Waals surface area contributed by atoms with Gasteiger partial charge in [0.2, 0.25) is 0 Å². The Morgan fingerprint density at radius 3 is 2.75 bits per heavy atom. The molecular formula is C16H22N2O4S2. The number of amides is 1. The zero-order chi connectivity index (χ0) is 17.0. The fourth-order valence-electron chi connectivity index (χ4n) is 3.50. The van der Waals surface area contributed by atoms with Gasteiger partial charge in [-0.1, -0.05) is 24.1 Å². The molecule has 24 heavy (non-hydrogen) atoms. The number of oxime groups is 1. The third kappa shape index (κ3) is 4.36. The third-order valence-corrected chi connectivity index (χ3v) is 7.15. The minimum Gasteiger partial charge on any atom is -0.386 e. The monoisotopic (exact) mass is 370 g/mol. The number of thiophene rings is 1. The zero-order valence-electron chi connectivity index (χ0n) is 13.5. The molecule has 6 nitrogen and oxygen atoms in total. The van der Waals surface area contributed by atoms with E-state index in [4.69, 9.17) is 4.84 Å². The van der Waals surface area contributed by atoms with Crippen LogP contribution in [0.5, 0.6) is 0 Å². The average molecular weight is 370 g/mol. The minimum absolute atomic E-state index is 0.0771. The zero-order valence-corrected chi connectivity index (χ0v) is 15.1. The molecule has 8 heteroatoms. The van der Waals surface area contributed by atoms with E-state index < -0.39 is 9.84 Å². The van der Waals surface area contributed by atoms with Gasteiger partial charge in [-0.25, -0.2) is 8.42 Å². The van der Waals surface area contributed by atoms with Gasteiger partial charge in [0.1, 0.15) is 0 Å². The van der Waals surface area contributed by atoms with Gasteiger partial charge in [0.25, 0.3) is 5.91 Å². The van der Waals surface area contributed by atoms with Gasteiger partial charge in [0, 0.05) is 17.0 Å². The van der Waals surface area contributed by atoms with Crippen molar-refractivity contribution in [1.29, 1.82) is 0 Å². The smallest absolute Gasteiger partial charge is 0.263 e. The highest BCUT2D eigenvalue weighted by molar-refractivity contribution is 7.91. The van der Waals surface area contributed by atoms with Crippen LogP contribution in [0, 0.1) is 0 Å².